The second kappa shape index (κ2) is 6.15. The Bertz CT molecular complexity index is 545. The standard InChI is InChI=1S/C14H15NO4/c1-2-18-14(17)12-9-19-13(15-12)11-5-3-10(4-6-11)7-8-16/h3-6,9,16H,2,7-8H2,1H3. The smallest absolute Gasteiger partial charge is 0.360 e. The van der Waals surface area contributed by atoms with Crippen LogP contribution < -0.4 is 0 Å². The van der Waals surface area contributed by atoms with Crippen molar-refractivity contribution >= 4 is 5.97 Å². The van der Waals surface area contributed by atoms with Crippen molar-refractivity contribution in [3.63, 3.8) is 0 Å². The molecular weight excluding hydrogens is 246 g/mol. The maximum Gasteiger partial charge on any atom is 0.360 e. The molecule has 2 rings (SSSR count). The molecule has 0 atom stereocenters. The van der Waals surface area contributed by atoms with Crippen LogP contribution in [0.2, 0.25) is 0 Å². The highest BCUT2D eigenvalue weighted by Gasteiger charge is 2.14. The third kappa shape index (κ3) is 3.20. The molecule has 1 aromatic heterocycles. The van der Waals surface area contributed by atoms with Crippen LogP contribution in [0.25, 0.3) is 11.5 Å². The number of hydrogen-bond donors (Lipinski definition) is 1. The van der Waals surface area contributed by atoms with Crippen LogP contribution in [-0.4, -0.2) is 29.3 Å². The monoisotopic (exact) mass is 261 g/mol. The molecule has 0 amide bonds. The number of aliphatic hydroxyl groups is 1. The number of oxazole rings is 1. The Hall–Kier alpha value is -2.14. The molecule has 0 bridgehead atoms. The third-order valence-corrected chi connectivity index (χ3v) is 2.59. The molecule has 2 aromatic rings. The summed E-state index contributed by atoms with van der Waals surface area (Å²) >= 11 is 0. The molecule has 0 unspecified atom stereocenters. The maximum absolute atomic E-state index is 11.5. The first-order chi connectivity index (χ1) is 9.24. The van der Waals surface area contributed by atoms with E-state index in [2.05, 4.69) is 4.98 Å². The van der Waals surface area contributed by atoms with Crippen LogP contribution in [0, 0.1) is 0 Å². The highest BCUT2D eigenvalue weighted by Crippen LogP contribution is 2.19. The van der Waals surface area contributed by atoms with Crippen molar-refractivity contribution in [1.82, 2.24) is 4.98 Å². The van der Waals surface area contributed by atoms with Crippen molar-refractivity contribution in [2.24, 2.45) is 0 Å². The van der Waals surface area contributed by atoms with Crippen LogP contribution in [0.5, 0.6) is 0 Å². The Labute approximate surface area is 110 Å². The minimum absolute atomic E-state index is 0.116. The van der Waals surface area contributed by atoms with E-state index in [1.807, 2.05) is 24.3 Å². The van der Waals surface area contributed by atoms with E-state index in [1.54, 1.807) is 6.92 Å². The second-order valence-electron chi connectivity index (χ2n) is 3.93. The fourth-order valence-electron chi connectivity index (χ4n) is 1.65. The van der Waals surface area contributed by atoms with Gasteiger partial charge >= 0.3 is 5.97 Å². The molecule has 1 N–H and O–H groups in total. The van der Waals surface area contributed by atoms with Gasteiger partial charge in [0, 0.05) is 12.2 Å². The lowest BCUT2D eigenvalue weighted by Gasteiger charge is -1.99. The highest BCUT2D eigenvalue weighted by molar-refractivity contribution is 5.87. The summed E-state index contributed by atoms with van der Waals surface area (Å²) in [5, 5.41) is 8.84. The third-order valence-electron chi connectivity index (χ3n) is 2.59. The largest absolute Gasteiger partial charge is 0.461 e. The van der Waals surface area contributed by atoms with E-state index in [9.17, 15) is 4.79 Å². The number of carbonyl (C=O) groups excluding carboxylic acids is 1. The summed E-state index contributed by atoms with van der Waals surface area (Å²) in [6, 6.07) is 7.46. The zero-order valence-electron chi connectivity index (χ0n) is 10.6. The molecule has 0 saturated carbocycles. The van der Waals surface area contributed by atoms with Crippen LogP contribution in [0.15, 0.2) is 34.9 Å². The fraction of sp³-hybridized carbons (Fsp3) is 0.286. The van der Waals surface area contributed by atoms with Gasteiger partial charge in [-0.1, -0.05) is 12.1 Å². The van der Waals surface area contributed by atoms with Crippen molar-refractivity contribution < 1.29 is 19.1 Å². The van der Waals surface area contributed by atoms with E-state index in [1.165, 1.54) is 6.26 Å². The van der Waals surface area contributed by atoms with Crippen molar-refractivity contribution in [3.05, 3.63) is 41.8 Å². The van der Waals surface area contributed by atoms with E-state index in [4.69, 9.17) is 14.3 Å². The molecule has 0 aliphatic carbocycles. The molecule has 19 heavy (non-hydrogen) atoms. The quantitative estimate of drug-likeness (QED) is 0.834. The number of rotatable bonds is 5. The average Bonchev–Trinajstić information content (AvgIpc) is 2.90. The maximum atomic E-state index is 11.5. The first-order valence-electron chi connectivity index (χ1n) is 6.07. The van der Waals surface area contributed by atoms with E-state index < -0.39 is 5.97 Å². The molecule has 0 fully saturated rings. The summed E-state index contributed by atoms with van der Waals surface area (Å²) in [7, 11) is 0. The van der Waals surface area contributed by atoms with Gasteiger partial charge < -0.3 is 14.3 Å². The van der Waals surface area contributed by atoms with Gasteiger partial charge in [0.05, 0.1) is 6.61 Å². The Morgan fingerprint density at radius 3 is 2.74 bits per heavy atom. The van der Waals surface area contributed by atoms with Gasteiger partial charge in [0.1, 0.15) is 6.26 Å². The summed E-state index contributed by atoms with van der Waals surface area (Å²) < 4.78 is 10.1. The number of aliphatic hydroxyl groups excluding tert-OH is 1. The molecular formula is C14H15NO4. The van der Waals surface area contributed by atoms with Crippen LogP contribution in [-0.2, 0) is 11.2 Å². The first kappa shape index (κ1) is 13.3. The number of hydrogen-bond acceptors (Lipinski definition) is 5. The number of esters is 1. The van der Waals surface area contributed by atoms with Crippen molar-refractivity contribution in [2.75, 3.05) is 13.2 Å². The lowest BCUT2D eigenvalue weighted by molar-refractivity contribution is 0.0519. The van der Waals surface area contributed by atoms with Crippen LogP contribution in [0.1, 0.15) is 23.0 Å². The lowest BCUT2D eigenvalue weighted by Crippen LogP contribution is -2.04. The average molecular weight is 261 g/mol. The SMILES string of the molecule is CCOC(=O)c1coc(-c2ccc(CCO)cc2)n1. The van der Waals surface area contributed by atoms with Crippen molar-refractivity contribution in [1.29, 1.82) is 0 Å². The highest BCUT2D eigenvalue weighted by atomic mass is 16.5. The Morgan fingerprint density at radius 1 is 1.37 bits per heavy atom. The molecule has 5 nitrogen and oxygen atoms in total. The molecule has 1 heterocycles. The zero-order chi connectivity index (χ0) is 13.7. The van der Waals surface area contributed by atoms with Crippen molar-refractivity contribution in [3.8, 4) is 11.5 Å². The molecule has 100 valence electrons. The summed E-state index contributed by atoms with van der Waals surface area (Å²) in [6.07, 6.45) is 1.90. The Kier molecular flexibility index (Phi) is 4.30. The number of ether oxygens (including phenoxy) is 1. The fourth-order valence-corrected chi connectivity index (χ4v) is 1.65. The predicted octanol–water partition coefficient (Wildman–Crippen LogP) is 2.05. The van der Waals surface area contributed by atoms with Gasteiger partial charge in [0.2, 0.25) is 5.89 Å². The molecule has 0 spiro atoms. The Balaban J connectivity index is 2.15. The molecule has 5 heteroatoms. The van der Waals surface area contributed by atoms with E-state index in [-0.39, 0.29) is 12.3 Å². The number of nitrogens with zero attached hydrogens (tertiary/aromatic N) is 1. The molecule has 0 radical (unpaired) electrons. The van der Waals surface area contributed by atoms with Gasteiger partial charge in [-0.25, -0.2) is 9.78 Å². The van der Waals surface area contributed by atoms with Crippen LogP contribution in [0.4, 0.5) is 0 Å². The summed E-state index contributed by atoms with van der Waals surface area (Å²) in [4.78, 5) is 15.5. The molecule has 1 aromatic carbocycles. The Morgan fingerprint density at radius 2 is 2.11 bits per heavy atom. The van der Waals surface area contributed by atoms with E-state index in [0.29, 0.717) is 18.9 Å². The van der Waals surface area contributed by atoms with Crippen LogP contribution >= 0.6 is 0 Å². The van der Waals surface area contributed by atoms with E-state index >= 15 is 0 Å². The van der Waals surface area contributed by atoms with Gasteiger partial charge in [-0.3, -0.25) is 0 Å². The number of benzene rings is 1. The normalized spacial score (nSPS) is 10.4. The summed E-state index contributed by atoms with van der Waals surface area (Å²) in [6.45, 7) is 2.15. The summed E-state index contributed by atoms with van der Waals surface area (Å²) in [5.74, 6) is -0.118. The molecule has 0 aliphatic rings. The minimum Gasteiger partial charge on any atom is -0.461 e. The van der Waals surface area contributed by atoms with Crippen molar-refractivity contribution in [2.45, 2.75) is 13.3 Å². The topological polar surface area (TPSA) is 72.6 Å². The van der Waals surface area contributed by atoms with Crippen LogP contribution in [0.3, 0.4) is 0 Å². The second-order valence-corrected chi connectivity index (χ2v) is 3.93. The number of carbonyl (C=O) groups is 1. The molecule has 0 saturated heterocycles. The van der Waals surface area contributed by atoms with E-state index in [0.717, 1.165) is 11.1 Å². The summed E-state index contributed by atoms with van der Waals surface area (Å²) in [5.41, 5.74) is 1.97. The lowest BCUT2D eigenvalue weighted by atomic mass is 10.1. The zero-order valence-corrected chi connectivity index (χ0v) is 10.6. The predicted molar refractivity (Wildman–Crippen MR) is 68.7 cm³/mol. The van der Waals surface area contributed by atoms with Gasteiger partial charge in [-0.05, 0) is 31.0 Å². The van der Waals surface area contributed by atoms with Gasteiger partial charge in [0.25, 0.3) is 0 Å². The number of aromatic nitrogens is 1. The molecule has 0 aliphatic heterocycles. The van der Waals surface area contributed by atoms with Gasteiger partial charge in [-0.2, -0.15) is 0 Å². The van der Waals surface area contributed by atoms with Gasteiger partial charge in [-0.15, -0.1) is 0 Å². The van der Waals surface area contributed by atoms with Gasteiger partial charge in [0.15, 0.2) is 5.69 Å². The minimum atomic E-state index is -0.491. The first-order valence-corrected chi connectivity index (χ1v) is 6.07.